The third-order valence-corrected chi connectivity index (χ3v) is 5.09. The van der Waals surface area contributed by atoms with Crippen molar-refractivity contribution in [3.05, 3.63) is 44.0 Å². The van der Waals surface area contributed by atoms with Crippen LogP contribution >= 0.6 is 35.0 Å². The van der Waals surface area contributed by atoms with Gasteiger partial charge in [-0.1, -0.05) is 44.0 Å². The summed E-state index contributed by atoms with van der Waals surface area (Å²) in [7, 11) is 0. The van der Waals surface area contributed by atoms with E-state index in [4.69, 9.17) is 28.9 Å². The maximum Gasteiger partial charge on any atom is 0.416 e. The second-order valence-electron chi connectivity index (χ2n) is 6.26. The van der Waals surface area contributed by atoms with Crippen molar-refractivity contribution in [3.63, 3.8) is 0 Å². The van der Waals surface area contributed by atoms with Gasteiger partial charge in [0.05, 0.1) is 10.5 Å². The Morgan fingerprint density at radius 2 is 1.72 bits per heavy atom. The zero-order valence-corrected chi connectivity index (χ0v) is 15.7. The van der Waals surface area contributed by atoms with Crippen molar-refractivity contribution in [1.29, 1.82) is 5.26 Å². The highest BCUT2D eigenvalue weighted by Gasteiger charge is 2.48. The summed E-state index contributed by atoms with van der Waals surface area (Å²) in [5.74, 6) is 0.00788. The molecule has 0 bridgehead atoms. The molecule has 1 heterocycles. The van der Waals surface area contributed by atoms with Crippen LogP contribution in [0, 0.1) is 11.3 Å². The number of nitrogens with zero attached hydrogens (tertiary/aromatic N) is 3. The SMILES string of the molecule is CC(C)(C)SC1=C(N)N=NC1(C#N)c1c(Cl)cc(C(F)(F)F)cc1Cl. The number of thioether (sulfide) groups is 1. The fourth-order valence-corrected chi connectivity index (χ4v) is 4.07. The minimum Gasteiger partial charge on any atom is -0.381 e. The quantitative estimate of drug-likeness (QED) is 0.665. The van der Waals surface area contributed by atoms with Crippen LogP contribution in [0.15, 0.2) is 33.1 Å². The fraction of sp³-hybridized carbons (Fsp3) is 0.400. The van der Waals surface area contributed by atoms with Crippen LogP contribution in [-0.4, -0.2) is 4.75 Å². The van der Waals surface area contributed by atoms with E-state index in [1.54, 1.807) is 0 Å². The van der Waals surface area contributed by atoms with Crippen molar-refractivity contribution < 1.29 is 13.2 Å². The van der Waals surface area contributed by atoms with Crippen LogP contribution in [0.5, 0.6) is 0 Å². The fourth-order valence-electron chi connectivity index (χ4n) is 2.21. The molecule has 1 aliphatic heterocycles. The summed E-state index contributed by atoms with van der Waals surface area (Å²) in [4.78, 5) is 0.283. The first kappa shape index (κ1) is 19.9. The summed E-state index contributed by atoms with van der Waals surface area (Å²) in [5.41, 5.74) is 2.99. The standard InChI is InChI=1S/C15H13Cl2F3N4S/c1-13(2,3)25-11-12(22)23-24-14(11,6-21)10-8(16)4-7(5-9(10)17)15(18,19)20/h4-5H,22H2,1-3H3. The Hall–Kier alpha value is -1.43. The molecule has 2 N–H and O–H groups in total. The smallest absolute Gasteiger partial charge is 0.381 e. The Morgan fingerprint density at radius 3 is 2.12 bits per heavy atom. The lowest BCUT2D eigenvalue weighted by Gasteiger charge is -2.28. The predicted molar refractivity (Wildman–Crippen MR) is 92.2 cm³/mol. The zero-order chi connectivity index (χ0) is 19.2. The first-order chi connectivity index (χ1) is 11.3. The molecule has 0 fully saturated rings. The van der Waals surface area contributed by atoms with E-state index >= 15 is 0 Å². The van der Waals surface area contributed by atoms with Gasteiger partial charge in [-0.05, 0) is 12.1 Å². The molecule has 1 aromatic rings. The highest BCUT2D eigenvalue weighted by molar-refractivity contribution is 8.04. The number of hydrogen-bond acceptors (Lipinski definition) is 5. The molecule has 0 amide bonds. The molecule has 10 heteroatoms. The zero-order valence-electron chi connectivity index (χ0n) is 13.4. The minimum atomic E-state index is -4.62. The summed E-state index contributed by atoms with van der Waals surface area (Å²) in [6, 6.07) is 3.39. The van der Waals surface area contributed by atoms with Crippen LogP contribution in [0.2, 0.25) is 10.0 Å². The lowest BCUT2D eigenvalue weighted by atomic mass is 9.91. The number of hydrogen-bond donors (Lipinski definition) is 1. The third-order valence-electron chi connectivity index (χ3n) is 3.17. The van der Waals surface area contributed by atoms with Gasteiger partial charge in [-0.15, -0.1) is 16.9 Å². The molecule has 0 saturated heterocycles. The van der Waals surface area contributed by atoms with E-state index in [1.165, 1.54) is 11.8 Å². The van der Waals surface area contributed by atoms with Crippen molar-refractivity contribution >= 4 is 35.0 Å². The lowest BCUT2D eigenvalue weighted by molar-refractivity contribution is -0.137. The summed E-state index contributed by atoms with van der Waals surface area (Å²) in [6.45, 7) is 5.65. The molecule has 1 unspecified atom stereocenters. The first-order valence-corrected chi connectivity index (χ1v) is 8.49. The predicted octanol–water partition coefficient (Wildman–Crippen LogP) is 5.86. The molecule has 25 heavy (non-hydrogen) atoms. The van der Waals surface area contributed by atoms with Crippen LogP contribution in [0.3, 0.4) is 0 Å². The van der Waals surface area contributed by atoms with Crippen molar-refractivity contribution in [2.75, 3.05) is 0 Å². The van der Waals surface area contributed by atoms with Crippen LogP contribution in [0.25, 0.3) is 0 Å². The molecule has 2 rings (SSSR count). The molecule has 1 aromatic carbocycles. The number of halogens is 5. The van der Waals surface area contributed by atoms with Crippen molar-refractivity contribution in [2.24, 2.45) is 16.0 Å². The minimum absolute atomic E-state index is 0.00788. The van der Waals surface area contributed by atoms with E-state index in [0.717, 1.165) is 0 Å². The number of alkyl halides is 3. The summed E-state index contributed by atoms with van der Waals surface area (Å²) in [6.07, 6.45) is -4.62. The average Bonchev–Trinajstić information content (AvgIpc) is 2.74. The molecule has 0 saturated carbocycles. The second-order valence-corrected chi connectivity index (χ2v) is 8.92. The van der Waals surface area contributed by atoms with Crippen LogP contribution in [-0.2, 0) is 11.7 Å². The van der Waals surface area contributed by atoms with Crippen molar-refractivity contribution in [2.45, 2.75) is 37.2 Å². The van der Waals surface area contributed by atoms with Gasteiger partial charge < -0.3 is 5.73 Å². The van der Waals surface area contributed by atoms with Gasteiger partial charge in [0.2, 0.25) is 5.54 Å². The van der Waals surface area contributed by atoms with Gasteiger partial charge in [0.1, 0.15) is 6.07 Å². The van der Waals surface area contributed by atoms with E-state index in [0.29, 0.717) is 12.1 Å². The third kappa shape index (κ3) is 3.73. The maximum absolute atomic E-state index is 12.9. The average molecular weight is 409 g/mol. The molecule has 1 atom stereocenters. The van der Waals surface area contributed by atoms with Gasteiger partial charge in [-0.2, -0.15) is 23.5 Å². The molecule has 0 radical (unpaired) electrons. The molecule has 134 valence electrons. The van der Waals surface area contributed by atoms with Gasteiger partial charge in [0.25, 0.3) is 0 Å². The first-order valence-electron chi connectivity index (χ1n) is 6.92. The Balaban J connectivity index is 2.70. The van der Waals surface area contributed by atoms with E-state index in [9.17, 15) is 18.4 Å². The monoisotopic (exact) mass is 408 g/mol. The number of nitrogens with two attached hydrogens (primary N) is 1. The molecule has 4 nitrogen and oxygen atoms in total. The van der Waals surface area contributed by atoms with Crippen LogP contribution < -0.4 is 5.73 Å². The molecule has 1 aliphatic rings. The molecular weight excluding hydrogens is 396 g/mol. The molecular formula is C15H13Cl2F3N4S. The van der Waals surface area contributed by atoms with E-state index < -0.39 is 17.3 Å². The highest BCUT2D eigenvalue weighted by Crippen LogP contribution is 2.53. The van der Waals surface area contributed by atoms with Crippen molar-refractivity contribution in [3.8, 4) is 6.07 Å². The number of benzene rings is 1. The maximum atomic E-state index is 12.9. The largest absolute Gasteiger partial charge is 0.416 e. The van der Waals surface area contributed by atoms with Crippen molar-refractivity contribution in [1.82, 2.24) is 0 Å². The molecule has 0 aliphatic carbocycles. The van der Waals surface area contributed by atoms with E-state index in [-0.39, 0.29) is 31.1 Å². The Morgan fingerprint density at radius 1 is 1.20 bits per heavy atom. The van der Waals surface area contributed by atoms with Gasteiger partial charge in [-0.25, -0.2) is 0 Å². The Kier molecular flexibility index (Phi) is 5.08. The Bertz CT molecular complexity index is 799. The van der Waals surface area contributed by atoms with Crippen LogP contribution in [0.4, 0.5) is 13.2 Å². The summed E-state index contributed by atoms with van der Waals surface area (Å²) in [5, 5.41) is 16.8. The van der Waals surface area contributed by atoms with Gasteiger partial charge >= 0.3 is 6.18 Å². The highest BCUT2D eigenvalue weighted by atomic mass is 35.5. The molecule has 0 aromatic heterocycles. The summed E-state index contributed by atoms with van der Waals surface area (Å²) < 4.78 is 38.5. The molecule has 0 spiro atoms. The lowest BCUT2D eigenvalue weighted by Crippen LogP contribution is -2.26. The number of azo groups is 1. The van der Waals surface area contributed by atoms with Gasteiger partial charge in [0, 0.05) is 20.4 Å². The van der Waals surface area contributed by atoms with Gasteiger partial charge in [0.15, 0.2) is 5.82 Å². The Labute approximate surface area is 156 Å². The topological polar surface area (TPSA) is 74.5 Å². The summed E-state index contributed by atoms with van der Waals surface area (Å²) >= 11 is 13.4. The van der Waals surface area contributed by atoms with Crippen LogP contribution in [0.1, 0.15) is 31.9 Å². The normalized spacial score (nSPS) is 20.9. The number of rotatable bonds is 2. The van der Waals surface area contributed by atoms with E-state index in [2.05, 4.69) is 10.2 Å². The van der Waals surface area contributed by atoms with E-state index in [1.807, 2.05) is 26.8 Å². The van der Waals surface area contributed by atoms with Gasteiger partial charge in [-0.3, -0.25) is 0 Å². The second kappa shape index (κ2) is 6.38. The number of nitriles is 1.